The van der Waals surface area contributed by atoms with Gasteiger partial charge in [-0.3, -0.25) is 5.41 Å². The molecule has 1 saturated heterocycles. The van der Waals surface area contributed by atoms with Crippen LogP contribution in [0.3, 0.4) is 0 Å². The number of nitrogens with one attached hydrogen (secondary N) is 1. The van der Waals surface area contributed by atoms with Crippen molar-refractivity contribution < 1.29 is 4.39 Å². The SMILES string of the molecule is N=C1CCCN1c1cc(F)ccc1Br. The number of nitrogens with zero attached hydrogens (tertiary/aromatic N) is 1. The molecule has 2 rings (SSSR count). The Kier molecular flexibility index (Phi) is 2.54. The molecule has 1 aliphatic rings. The van der Waals surface area contributed by atoms with E-state index in [2.05, 4.69) is 15.9 Å². The highest BCUT2D eigenvalue weighted by Gasteiger charge is 2.20. The van der Waals surface area contributed by atoms with Gasteiger partial charge in [0.05, 0.1) is 5.69 Å². The topological polar surface area (TPSA) is 27.1 Å². The molecule has 0 spiro atoms. The third kappa shape index (κ3) is 1.66. The number of halogens is 2. The normalized spacial score (nSPS) is 16.4. The van der Waals surface area contributed by atoms with Crippen LogP contribution in [-0.4, -0.2) is 12.4 Å². The van der Waals surface area contributed by atoms with Crippen molar-refractivity contribution in [3.05, 3.63) is 28.5 Å². The molecule has 0 aromatic heterocycles. The van der Waals surface area contributed by atoms with Crippen LogP contribution >= 0.6 is 15.9 Å². The number of amidine groups is 1. The Morgan fingerprint density at radius 3 is 2.86 bits per heavy atom. The molecule has 0 atom stereocenters. The minimum absolute atomic E-state index is 0.261. The van der Waals surface area contributed by atoms with Crippen LogP contribution in [0.5, 0.6) is 0 Å². The largest absolute Gasteiger partial charge is 0.329 e. The van der Waals surface area contributed by atoms with Crippen LogP contribution in [-0.2, 0) is 0 Å². The summed E-state index contributed by atoms with van der Waals surface area (Å²) in [6.45, 7) is 0.806. The van der Waals surface area contributed by atoms with E-state index in [1.807, 2.05) is 4.90 Å². The maximum absolute atomic E-state index is 13.0. The molecule has 4 heteroatoms. The lowest BCUT2D eigenvalue weighted by molar-refractivity contribution is 0.627. The van der Waals surface area contributed by atoms with Crippen LogP contribution in [0.15, 0.2) is 22.7 Å². The first-order valence-electron chi connectivity index (χ1n) is 4.48. The first-order chi connectivity index (χ1) is 6.68. The van der Waals surface area contributed by atoms with Gasteiger partial charge in [-0.1, -0.05) is 0 Å². The summed E-state index contributed by atoms with van der Waals surface area (Å²) in [5.41, 5.74) is 0.757. The third-order valence-corrected chi connectivity index (χ3v) is 2.99. The van der Waals surface area contributed by atoms with Crippen molar-refractivity contribution >= 4 is 27.5 Å². The van der Waals surface area contributed by atoms with E-state index in [0.29, 0.717) is 5.84 Å². The van der Waals surface area contributed by atoms with Crippen molar-refractivity contribution in [3.8, 4) is 0 Å². The predicted octanol–water partition coefficient (Wildman–Crippen LogP) is 3.17. The van der Waals surface area contributed by atoms with Gasteiger partial charge in [0.25, 0.3) is 0 Å². The molecule has 1 heterocycles. The molecule has 74 valence electrons. The second-order valence-corrected chi connectivity index (χ2v) is 4.15. The average molecular weight is 257 g/mol. The summed E-state index contributed by atoms with van der Waals surface area (Å²) < 4.78 is 13.8. The summed E-state index contributed by atoms with van der Waals surface area (Å²) in [4.78, 5) is 1.84. The van der Waals surface area contributed by atoms with Gasteiger partial charge < -0.3 is 4.90 Å². The maximum Gasteiger partial charge on any atom is 0.125 e. The van der Waals surface area contributed by atoms with Crippen molar-refractivity contribution in [2.24, 2.45) is 0 Å². The lowest BCUT2D eigenvalue weighted by atomic mass is 10.3. The lowest BCUT2D eigenvalue weighted by Gasteiger charge is -2.19. The van der Waals surface area contributed by atoms with Crippen LogP contribution in [0.1, 0.15) is 12.8 Å². The molecule has 1 aromatic rings. The Morgan fingerprint density at radius 2 is 2.21 bits per heavy atom. The van der Waals surface area contributed by atoms with Gasteiger partial charge in [-0.05, 0) is 40.5 Å². The molecule has 0 radical (unpaired) electrons. The first kappa shape index (κ1) is 9.65. The Balaban J connectivity index is 2.39. The Labute approximate surface area is 90.4 Å². The van der Waals surface area contributed by atoms with Crippen LogP contribution in [0.25, 0.3) is 0 Å². The summed E-state index contributed by atoms with van der Waals surface area (Å²) in [5.74, 6) is 0.305. The van der Waals surface area contributed by atoms with Crippen LogP contribution in [0.4, 0.5) is 10.1 Å². The van der Waals surface area contributed by atoms with Crippen LogP contribution in [0.2, 0.25) is 0 Å². The molecule has 0 amide bonds. The quantitative estimate of drug-likeness (QED) is 0.821. The standard InChI is InChI=1S/C10H10BrFN2/c11-8-4-3-7(12)6-9(8)14-5-1-2-10(14)13/h3-4,6,13H,1-2,5H2. The number of rotatable bonds is 1. The minimum Gasteiger partial charge on any atom is -0.329 e. The highest BCUT2D eigenvalue weighted by Crippen LogP contribution is 2.30. The van der Waals surface area contributed by atoms with Gasteiger partial charge in [0.1, 0.15) is 11.7 Å². The monoisotopic (exact) mass is 256 g/mol. The second kappa shape index (κ2) is 3.69. The summed E-state index contributed by atoms with van der Waals surface area (Å²) in [7, 11) is 0. The van der Waals surface area contributed by atoms with E-state index < -0.39 is 0 Å². The molecule has 1 N–H and O–H groups in total. The Bertz CT molecular complexity index is 378. The average Bonchev–Trinajstić information content (AvgIpc) is 2.56. The second-order valence-electron chi connectivity index (χ2n) is 3.30. The summed E-state index contributed by atoms with van der Waals surface area (Å²) in [6, 6.07) is 4.55. The molecule has 2 nitrogen and oxygen atoms in total. The smallest absolute Gasteiger partial charge is 0.125 e. The lowest BCUT2D eigenvalue weighted by Crippen LogP contribution is -2.23. The zero-order valence-corrected chi connectivity index (χ0v) is 9.14. The molecule has 0 saturated carbocycles. The first-order valence-corrected chi connectivity index (χ1v) is 5.28. The fraction of sp³-hybridized carbons (Fsp3) is 0.300. The highest BCUT2D eigenvalue weighted by molar-refractivity contribution is 9.10. The zero-order chi connectivity index (χ0) is 10.1. The van der Waals surface area contributed by atoms with Crippen molar-refractivity contribution in [1.29, 1.82) is 5.41 Å². The molecule has 1 aliphatic heterocycles. The zero-order valence-electron chi connectivity index (χ0n) is 7.56. The van der Waals surface area contributed by atoms with Crippen LogP contribution in [0, 0.1) is 11.2 Å². The van der Waals surface area contributed by atoms with Gasteiger partial charge >= 0.3 is 0 Å². The van der Waals surface area contributed by atoms with Gasteiger partial charge in [-0.15, -0.1) is 0 Å². The Hall–Kier alpha value is -0.900. The summed E-state index contributed by atoms with van der Waals surface area (Å²) >= 11 is 3.36. The molecule has 0 aliphatic carbocycles. The number of benzene rings is 1. The van der Waals surface area contributed by atoms with Gasteiger partial charge in [0.15, 0.2) is 0 Å². The molecule has 1 fully saturated rings. The van der Waals surface area contributed by atoms with Crippen molar-refractivity contribution in [1.82, 2.24) is 0 Å². The van der Waals surface area contributed by atoms with Crippen molar-refractivity contribution in [3.63, 3.8) is 0 Å². The van der Waals surface area contributed by atoms with Gasteiger partial charge in [-0.2, -0.15) is 0 Å². The number of hydrogen-bond acceptors (Lipinski definition) is 1. The van der Waals surface area contributed by atoms with E-state index in [0.717, 1.165) is 29.5 Å². The van der Waals surface area contributed by atoms with E-state index in [-0.39, 0.29) is 5.82 Å². The molecular formula is C10H10BrFN2. The molecule has 1 aromatic carbocycles. The summed E-state index contributed by atoms with van der Waals surface area (Å²) in [5, 5.41) is 7.69. The molecule has 0 bridgehead atoms. The minimum atomic E-state index is -0.261. The predicted molar refractivity (Wildman–Crippen MR) is 58.4 cm³/mol. The van der Waals surface area contributed by atoms with E-state index in [1.165, 1.54) is 12.1 Å². The van der Waals surface area contributed by atoms with Crippen LogP contribution < -0.4 is 4.90 Å². The highest BCUT2D eigenvalue weighted by atomic mass is 79.9. The summed E-state index contributed by atoms with van der Waals surface area (Å²) in [6.07, 6.45) is 1.75. The van der Waals surface area contributed by atoms with Gasteiger partial charge in [0, 0.05) is 17.4 Å². The molecule has 14 heavy (non-hydrogen) atoms. The van der Waals surface area contributed by atoms with E-state index in [4.69, 9.17) is 5.41 Å². The van der Waals surface area contributed by atoms with E-state index in [1.54, 1.807) is 6.07 Å². The van der Waals surface area contributed by atoms with Gasteiger partial charge in [0.2, 0.25) is 0 Å². The van der Waals surface area contributed by atoms with Crippen molar-refractivity contribution in [2.75, 3.05) is 11.4 Å². The van der Waals surface area contributed by atoms with E-state index in [9.17, 15) is 4.39 Å². The molecule has 0 unspecified atom stereocenters. The number of hydrogen-bond donors (Lipinski definition) is 1. The van der Waals surface area contributed by atoms with Gasteiger partial charge in [-0.25, -0.2) is 4.39 Å². The third-order valence-electron chi connectivity index (χ3n) is 2.32. The Morgan fingerprint density at radius 1 is 1.43 bits per heavy atom. The fourth-order valence-corrected chi connectivity index (χ4v) is 2.09. The molecular weight excluding hydrogens is 247 g/mol. The van der Waals surface area contributed by atoms with Crippen molar-refractivity contribution in [2.45, 2.75) is 12.8 Å². The fourth-order valence-electron chi connectivity index (χ4n) is 1.63. The maximum atomic E-state index is 13.0. The van der Waals surface area contributed by atoms with E-state index >= 15 is 0 Å². The number of anilines is 1.